The van der Waals surface area contributed by atoms with Crippen molar-refractivity contribution < 1.29 is 0 Å². The number of rotatable bonds is 1. The van der Waals surface area contributed by atoms with E-state index in [0.717, 1.165) is 0 Å². The molecule has 98 valence electrons. The van der Waals surface area contributed by atoms with Gasteiger partial charge in [0.1, 0.15) is 5.30 Å². The molecule has 0 fully saturated rings. The summed E-state index contributed by atoms with van der Waals surface area (Å²) in [6.45, 7) is 7.29. The minimum absolute atomic E-state index is 0.324. The first-order chi connectivity index (χ1) is 9.04. The molecule has 1 aliphatic heterocycles. The molecule has 1 unspecified atom stereocenters. The van der Waals surface area contributed by atoms with E-state index in [1.807, 2.05) is 0 Å². The minimum Gasteiger partial charge on any atom is -0.0620 e. The van der Waals surface area contributed by atoms with Crippen LogP contribution >= 0.6 is 7.26 Å². The summed E-state index contributed by atoms with van der Waals surface area (Å²) in [5.74, 6) is 0. The zero-order chi connectivity index (χ0) is 13.5. The molecule has 2 aromatic carbocycles. The van der Waals surface area contributed by atoms with Gasteiger partial charge in [0, 0.05) is 5.56 Å². The van der Waals surface area contributed by atoms with E-state index in [4.69, 9.17) is 0 Å². The van der Waals surface area contributed by atoms with Crippen LogP contribution in [0.2, 0.25) is 0 Å². The molecule has 0 N–H and O–H groups in total. The van der Waals surface area contributed by atoms with E-state index in [0.29, 0.717) is 5.41 Å². The first-order valence-corrected chi connectivity index (χ1v) is 9.47. The monoisotopic (exact) mass is 269 g/mol. The van der Waals surface area contributed by atoms with Gasteiger partial charge >= 0.3 is 0 Å². The van der Waals surface area contributed by atoms with Crippen LogP contribution in [0.4, 0.5) is 0 Å². The first kappa shape index (κ1) is 12.9. The number of benzene rings is 2. The van der Waals surface area contributed by atoms with Crippen molar-refractivity contribution >= 4 is 17.9 Å². The Labute approximate surface area is 117 Å². The zero-order valence-electron chi connectivity index (χ0n) is 12.1. The minimum atomic E-state index is -1.19. The lowest BCUT2D eigenvalue weighted by atomic mass is 9.82. The fourth-order valence-corrected chi connectivity index (χ4v) is 7.20. The lowest BCUT2D eigenvalue weighted by Gasteiger charge is -2.38. The van der Waals surface area contributed by atoms with Gasteiger partial charge in [0.25, 0.3) is 0 Å². The van der Waals surface area contributed by atoms with Gasteiger partial charge in [-0.05, 0) is 30.0 Å². The molecule has 19 heavy (non-hydrogen) atoms. The molecular formula is C18H22P+. The highest BCUT2D eigenvalue weighted by Crippen LogP contribution is 2.59. The molecule has 0 spiro atoms. The van der Waals surface area contributed by atoms with Gasteiger partial charge < -0.3 is 0 Å². The SMILES string of the molecule is CC1(C)CC[P+](C)(c2ccccc2)c2ccccc21. The zero-order valence-corrected chi connectivity index (χ0v) is 13.0. The fourth-order valence-electron chi connectivity index (χ4n) is 3.26. The Kier molecular flexibility index (Phi) is 3.02. The third-order valence-electron chi connectivity index (χ3n) is 4.67. The lowest BCUT2D eigenvalue weighted by Crippen LogP contribution is -2.38. The molecule has 0 saturated heterocycles. The summed E-state index contributed by atoms with van der Waals surface area (Å²) in [6, 6.07) is 20.3. The molecule has 3 rings (SSSR count). The number of hydrogen-bond donors (Lipinski definition) is 0. The summed E-state index contributed by atoms with van der Waals surface area (Å²) in [5.41, 5.74) is 1.89. The van der Waals surface area contributed by atoms with Crippen molar-refractivity contribution in [2.24, 2.45) is 0 Å². The molecule has 2 aromatic rings. The molecule has 1 aliphatic rings. The van der Waals surface area contributed by atoms with E-state index in [1.165, 1.54) is 12.6 Å². The van der Waals surface area contributed by atoms with Gasteiger partial charge in [-0.3, -0.25) is 0 Å². The predicted octanol–water partition coefficient (Wildman–Crippen LogP) is 3.97. The third kappa shape index (κ3) is 2.03. The molecule has 0 saturated carbocycles. The standard InChI is InChI=1S/C18H22P/c1-18(2)13-14-19(3,15-9-5-4-6-10-15)17-12-8-7-11-16(17)18/h4-12H,13-14H2,1-3H3/q+1. The van der Waals surface area contributed by atoms with Crippen molar-refractivity contribution in [2.45, 2.75) is 25.7 Å². The number of hydrogen-bond acceptors (Lipinski definition) is 0. The highest BCUT2D eigenvalue weighted by atomic mass is 31.2. The summed E-state index contributed by atoms with van der Waals surface area (Å²) < 4.78 is 0. The molecule has 1 heterocycles. The van der Waals surface area contributed by atoms with Crippen molar-refractivity contribution in [1.29, 1.82) is 0 Å². The van der Waals surface area contributed by atoms with Crippen LogP contribution in [0.25, 0.3) is 0 Å². The maximum Gasteiger partial charge on any atom is 0.103 e. The van der Waals surface area contributed by atoms with E-state index >= 15 is 0 Å². The van der Waals surface area contributed by atoms with Crippen LogP contribution in [0.1, 0.15) is 25.8 Å². The Morgan fingerprint density at radius 1 is 0.895 bits per heavy atom. The van der Waals surface area contributed by atoms with Crippen LogP contribution in [0.5, 0.6) is 0 Å². The third-order valence-corrected chi connectivity index (χ3v) is 8.68. The second-order valence-corrected chi connectivity index (χ2v) is 10.2. The Bertz CT molecular complexity index is 586. The normalized spacial score (nSPS) is 24.8. The fraction of sp³-hybridized carbons (Fsp3) is 0.333. The summed E-state index contributed by atoms with van der Waals surface area (Å²) in [7, 11) is -1.19. The van der Waals surface area contributed by atoms with Crippen molar-refractivity contribution in [3.8, 4) is 0 Å². The molecule has 0 amide bonds. The van der Waals surface area contributed by atoms with Crippen LogP contribution in [-0.2, 0) is 5.41 Å². The summed E-state index contributed by atoms with van der Waals surface area (Å²) >= 11 is 0. The van der Waals surface area contributed by atoms with Crippen LogP contribution in [-0.4, -0.2) is 12.8 Å². The van der Waals surface area contributed by atoms with E-state index in [1.54, 1.807) is 16.2 Å². The van der Waals surface area contributed by atoms with Crippen LogP contribution in [0.15, 0.2) is 54.6 Å². The van der Waals surface area contributed by atoms with Crippen LogP contribution in [0.3, 0.4) is 0 Å². The topological polar surface area (TPSA) is 0 Å². The quantitative estimate of drug-likeness (QED) is 0.687. The Morgan fingerprint density at radius 2 is 1.53 bits per heavy atom. The second kappa shape index (κ2) is 4.46. The molecule has 0 aromatic heterocycles. The number of fused-ring (bicyclic) bond motifs is 1. The largest absolute Gasteiger partial charge is 0.103 e. The van der Waals surface area contributed by atoms with E-state index in [-0.39, 0.29) is 0 Å². The molecule has 0 aliphatic carbocycles. The molecule has 0 bridgehead atoms. The van der Waals surface area contributed by atoms with E-state index in [2.05, 4.69) is 75.1 Å². The van der Waals surface area contributed by atoms with Gasteiger partial charge in [-0.2, -0.15) is 0 Å². The highest BCUT2D eigenvalue weighted by molar-refractivity contribution is 7.89. The predicted molar refractivity (Wildman–Crippen MR) is 87.5 cm³/mol. The molecule has 1 heteroatoms. The smallest absolute Gasteiger partial charge is 0.0620 e. The Hall–Kier alpha value is -1.13. The second-order valence-electron chi connectivity index (χ2n) is 6.40. The highest BCUT2D eigenvalue weighted by Gasteiger charge is 2.46. The van der Waals surface area contributed by atoms with Gasteiger partial charge in [0.15, 0.2) is 0 Å². The Morgan fingerprint density at radius 3 is 2.26 bits per heavy atom. The van der Waals surface area contributed by atoms with Gasteiger partial charge in [0.05, 0.1) is 25.4 Å². The average molecular weight is 269 g/mol. The summed E-state index contributed by atoms with van der Waals surface area (Å²) in [6.07, 6.45) is 2.63. The van der Waals surface area contributed by atoms with Crippen molar-refractivity contribution in [3.63, 3.8) is 0 Å². The molecule has 1 atom stereocenters. The van der Waals surface area contributed by atoms with Crippen molar-refractivity contribution in [1.82, 2.24) is 0 Å². The van der Waals surface area contributed by atoms with Gasteiger partial charge in [-0.15, -0.1) is 0 Å². The van der Waals surface area contributed by atoms with Crippen molar-refractivity contribution in [3.05, 3.63) is 60.2 Å². The maximum absolute atomic E-state index is 2.51. The van der Waals surface area contributed by atoms with Crippen LogP contribution in [0, 0.1) is 0 Å². The maximum atomic E-state index is 2.51. The van der Waals surface area contributed by atoms with Crippen molar-refractivity contribution in [2.75, 3.05) is 12.8 Å². The molecule has 0 radical (unpaired) electrons. The summed E-state index contributed by atoms with van der Waals surface area (Å²) in [4.78, 5) is 0. The van der Waals surface area contributed by atoms with E-state index < -0.39 is 7.26 Å². The molecular weight excluding hydrogens is 247 g/mol. The van der Waals surface area contributed by atoms with Crippen LogP contribution < -0.4 is 10.6 Å². The average Bonchev–Trinajstić information content (AvgIpc) is 2.45. The van der Waals surface area contributed by atoms with E-state index in [9.17, 15) is 0 Å². The lowest BCUT2D eigenvalue weighted by molar-refractivity contribution is 0.507. The van der Waals surface area contributed by atoms with Gasteiger partial charge in [-0.1, -0.05) is 50.2 Å². The molecule has 0 nitrogen and oxygen atoms in total. The first-order valence-electron chi connectivity index (χ1n) is 7.05. The Balaban J connectivity index is 2.21. The van der Waals surface area contributed by atoms with Gasteiger partial charge in [-0.25, -0.2) is 0 Å². The van der Waals surface area contributed by atoms with Gasteiger partial charge in [0.2, 0.25) is 0 Å². The summed E-state index contributed by atoms with van der Waals surface area (Å²) in [5, 5.41) is 3.18.